The molecule has 1 rings (SSSR count). The van der Waals surface area contributed by atoms with Crippen LogP contribution in [0, 0.1) is 5.21 Å². The van der Waals surface area contributed by atoms with Gasteiger partial charge in [0.2, 0.25) is 0 Å². The molecular formula is C7H15NO3. The van der Waals surface area contributed by atoms with Crippen molar-refractivity contribution in [1.29, 1.82) is 0 Å². The van der Waals surface area contributed by atoms with Crippen molar-refractivity contribution in [3.8, 4) is 0 Å². The predicted molar refractivity (Wildman–Crippen MR) is 40.5 cm³/mol. The molecule has 11 heavy (non-hydrogen) atoms. The van der Waals surface area contributed by atoms with Gasteiger partial charge in [-0.2, -0.15) is 0 Å². The highest BCUT2D eigenvalue weighted by Gasteiger charge is 2.22. The van der Waals surface area contributed by atoms with E-state index in [1.807, 2.05) is 0 Å². The molecular weight excluding hydrogens is 146 g/mol. The first-order chi connectivity index (χ1) is 5.27. The average molecular weight is 161 g/mol. The van der Waals surface area contributed by atoms with Crippen molar-refractivity contribution in [2.45, 2.75) is 12.8 Å². The van der Waals surface area contributed by atoms with Crippen LogP contribution in [0.15, 0.2) is 0 Å². The molecule has 0 amide bonds. The van der Waals surface area contributed by atoms with Crippen LogP contribution in [0.4, 0.5) is 0 Å². The number of nitrogens with zero attached hydrogens (tertiary/aromatic N) is 1. The van der Waals surface area contributed by atoms with Gasteiger partial charge in [-0.05, 0) is 0 Å². The summed E-state index contributed by atoms with van der Waals surface area (Å²) in [5, 5.41) is 19.9. The molecule has 0 bridgehead atoms. The highest BCUT2D eigenvalue weighted by atomic mass is 16.6. The molecule has 0 radical (unpaired) electrons. The van der Waals surface area contributed by atoms with Crippen LogP contribution in [0.25, 0.3) is 0 Å². The van der Waals surface area contributed by atoms with E-state index in [1.54, 1.807) is 0 Å². The lowest BCUT2D eigenvalue weighted by molar-refractivity contribution is -0.888. The second-order valence-corrected chi connectivity index (χ2v) is 2.97. The van der Waals surface area contributed by atoms with Crippen molar-refractivity contribution in [3.05, 3.63) is 5.21 Å². The number of rotatable bonds is 4. The lowest BCUT2D eigenvalue weighted by Crippen LogP contribution is -2.41. The first-order valence-electron chi connectivity index (χ1n) is 4.02. The second kappa shape index (κ2) is 4.01. The Morgan fingerprint density at radius 1 is 1.36 bits per heavy atom. The molecule has 1 fully saturated rings. The molecule has 66 valence electrons. The van der Waals surface area contributed by atoms with Crippen molar-refractivity contribution in [1.82, 2.24) is 0 Å². The van der Waals surface area contributed by atoms with E-state index in [2.05, 4.69) is 0 Å². The van der Waals surface area contributed by atoms with Gasteiger partial charge in [0.25, 0.3) is 0 Å². The fourth-order valence-corrected chi connectivity index (χ4v) is 1.34. The Kier molecular flexibility index (Phi) is 3.26. The summed E-state index contributed by atoms with van der Waals surface area (Å²) in [7, 11) is 0. The predicted octanol–water partition coefficient (Wildman–Crippen LogP) is 0.0612. The van der Waals surface area contributed by atoms with E-state index < -0.39 is 0 Å². The Hall–Kier alpha value is -0.160. The van der Waals surface area contributed by atoms with Gasteiger partial charge in [-0.25, -0.2) is 0 Å². The summed E-state index contributed by atoms with van der Waals surface area (Å²) in [6.07, 6.45) is 2.01. The van der Waals surface area contributed by atoms with Crippen LogP contribution in [0.2, 0.25) is 0 Å². The van der Waals surface area contributed by atoms with Crippen molar-refractivity contribution in [2.75, 3.05) is 33.0 Å². The maximum absolute atomic E-state index is 11.5. The zero-order valence-electron chi connectivity index (χ0n) is 6.66. The Morgan fingerprint density at radius 3 is 2.55 bits per heavy atom. The number of likely N-dealkylation sites (tertiary alicyclic amines) is 1. The molecule has 1 N–H and O–H groups in total. The molecule has 4 nitrogen and oxygen atoms in total. The minimum atomic E-state index is -0.222. The van der Waals surface area contributed by atoms with Gasteiger partial charge >= 0.3 is 0 Å². The smallest absolute Gasteiger partial charge is 0.183 e. The van der Waals surface area contributed by atoms with E-state index >= 15 is 0 Å². The van der Waals surface area contributed by atoms with Crippen molar-refractivity contribution >= 4 is 0 Å². The molecule has 1 aliphatic rings. The molecule has 1 aliphatic heterocycles. The zero-order valence-corrected chi connectivity index (χ0v) is 6.66. The van der Waals surface area contributed by atoms with Crippen LogP contribution in [-0.2, 0) is 4.74 Å². The summed E-state index contributed by atoms with van der Waals surface area (Å²) < 4.78 is 4.76. The number of aliphatic hydroxyl groups is 1. The minimum absolute atomic E-state index is 0. The topological polar surface area (TPSA) is 52.5 Å². The molecule has 0 aromatic carbocycles. The summed E-state index contributed by atoms with van der Waals surface area (Å²) in [6.45, 7) is 1.83. The first-order valence-corrected chi connectivity index (χ1v) is 4.02. The molecule has 4 heteroatoms. The van der Waals surface area contributed by atoms with Crippen LogP contribution in [0.5, 0.6) is 0 Å². The molecule has 0 aromatic heterocycles. The summed E-state index contributed by atoms with van der Waals surface area (Å²) in [5.41, 5.74) is 0. The highest BCUT2D eigenvalue weighted by Crippen LogP contribution is 2.16. The molecule has 0 unspecified atom stereocenters. The van der Waals surface area contributed by atoms with Gasteiger partial charge in [0.15, 0.2) is 6.73 Å². The SMILES string of the molecule is [O-][N+]1(COCCO)CCCC1. The van der Waals surface area contributed by atoms with E-state index in [0.717, 1.165) is 12.8 Å². The normalized spacial score (nSPS) is 22.4. The summed E-state index contributed by atoms with van der Waals surface area (Å²) >= 11 is 0. The van der Waals surface area contributed by atoms with Gasteiger partial charge in [0.05, 0.1) is 26.3 Å². The maximum Gasteiger partial charge on any atom is 0.183 e. The van der Waals surface area contributed by atoms with E-state index in [9.17, 15) is 5.21 Å². The molecule has 0 spiro atoms. The fourth-order valence-electron chi connectivity index (χ4n) is 1.34. The third-order valence-electron chi connectivity index (χ3n) is 1.94. The highest BCUT2D eigenvalue weighted by molar-refractivity contribution is 4.51. The minimum Gasteiger partial charge on any atom is -0.631 e. The Bertz CT molecular complexity index is 112. The molecule has 0 aliphatic carbocycles. The third-order valence-corrected chi connectivity index (χ3v) is 1.94. The lowest BCUT2D eigenvalue weighted by atomic mass is 10.4. The Morgan fingerprint density at radius 2 is 2.00 bits per heavy atom. The van der Waals surface area contributed by atoms with Gasteiger partial charge in [0.1, 0.15) is 0 Å². The van der Waals surface area contributed by atoms with Crippen molar-refractivity contribution in [2.24, 2.45) is 0 Å². The summed E-state index contributed by atoms with van der Waals surface area (Å²) in [5.74, 6) is 0. The number of hydroxylamine groups is 3. The standard InChI is InChI=1S/C7H15NO3/c9-5-6-11-7-8(10)3-1-2-4-8/h9H,1-7H2. The van der Waals surface area contributed by atoms with Gasteiger partial charge < -0.3 is 19.7 Å². The Labute approximate surface area is 66.5 Å². The van der Waals surface area contributed by atoms with Crippen LogP contribution < -0.4 is 0 Å². The van der Waals surface area contributed by atoms with E-state index in [-0.39, 0.29) is 24.6 Å². The zero-order chi connectivity index (χ0) is 8.16. The number of aliphatic hydroxyl groups excluding tert-OH is 1. The van der Waals surface area contributed by atoms with Gasteiger partial charge in [0, 0.05) is 12.8 Å². The number of hydrogen-bond donors (Lipinski definition) is 1. The van der Waals surface area contributed by atoms with Crippen molar-refractivity contribution in [3.63, 3.8) is 0 Å². The molecule has 1 heterocycles. The Balaban J connectivity index is 2.13. The number of ether oxygens (including phenoxy) is 1. The third kappa shape index (κ3) is 2.75. The molecule has 0 saturated carbocycles. The maximum atomic E-state index is 11.5. The summed E-state index contributed by atoms with van der Waals surface area (Å²) in [6, 6.07) is 0. The van der Waals surface area contributed by atoms with E-state index in [4.69, 9.17) is 9.84 Å². The van der Waals surface area contributed by atoms with Crippen LogP contribution in [-0.4, -0.2) is 42.8 Å². The van der Waals surface area contributed by atoms with E-state index in [0.29, 0.717) is 13.1 Å². The second-order valence-electron chi connectivity index (χ2n) is 2.97. The molecule has 1 saturated heterocycles. The largest absolute Gasteiger partial charge is 0.631 e. The summed E-state index contributed by atoms with van der Waals surface area (Å²) in [4.78, 5) is 0. The number of quaternary nitrogens is 1. The van der Waals surface area contributed by atoms with Gasteiger partial charge in [-0.1, -0.05) is 0 Å². The van der Waals surface area contributed by atoms with Gasteiger partial charge in [-0.3, -0.25) is 0 Å². The average Bonchev–Trinajstić information content (AvgIpc) is 2.38. The van der Waals surface area contributed by atoms with Gasteiger partial charge in [-0.15, -0.1) is 0 Å². The fraction of sp³-hybridized carbons (Fsp3) is 1.00. The van der Waals surface area contributed by atoms with E-state index in [1.165, 1.54) is 0 Å². The molecule has 0 atom stereocenters. The number of hydrogen-bond acceptors (Lipinski definition) is 3. The van der Waals surface area contributed by atoms with Crippen LogP contribution in [0.1, 0.15) is 12.8 Å². The van der Waals surface area contributed by atoms with Crippen LogP contribution in [0.3, 0.4) is 0 Å². The monoisotopic (exact) mass is 161 g/mol. The lowest BCUT2D eigenvalue weighted by Gasteiger charge is -2.37. The quantitative estimate of drug-likeness (QED) is 0.360. The van der Waals surface area contributed by atoms with Crippen LogP contribution >= 0.6 is 0 Å². The first kappa shape index (κ1) is 8.93. The van der Waals surface area contributed by atoms with Crippen molar-refractivity contribution < 1.29 is 14.5 Å². The molecule has 0 aromatic rings.